The van der Waals surface area contributed by atoms with Crippen LogP contribution >= 0.6 is 0 Å². The normalized spacial score (nSPS) is 14.9. The first-order chi connectivity index (χ1) is 20.1. The molecule has 3 aromatic rings. The minimum absolute atomic E-state index is 0.0115. The summed E-state index contributed by atoms with van der Waals surface area (Å²) in [5.74, 6) is -1.20. The molecule has 1 aliphatic heterocycles. The van der Waals surface area contributed by atoms with Gasteiger partial charge in [0.05, 0.1) is 30.1 Å². The Morgan fingerprint density at radius 2 is 1.71 bits per heavy atom. The van der Waals surface area contributed by atoms with E-state index >= 15 is 0 Å². The monoisotopic (exact) mass is 574 g/mol. The molecular formula is C31H34N4O7. The number of urea groups is 1. The number of hydrogen-bond acceptors (Lipinski definition) is 7. The fourth-order valence-electron chi connectivity index (χ4n) is 4.77. The van der Waals surface area contributed by atoms with Gasteiger partial charge in [-0.1, -0.05) is 24.3 Å². The van der Waals surface area contributed by atoms with Crippen LogP contribution in [0.2, 0.25) is 0 Å². The zero-order valence-corrected chi connectivity index (χ0v) is 23.7. The second-order valence-corrected chi connectivity index (χ2v) is 10.0. The molecule has 11 nitrogen and oxygen atoms in total. The van der Waals surface area contributed by atoms with Crippen LogP contribution in [-0.2, 0) is 16.0 Å². The molecule has 3 aromatic carbocycles. The Labute approximate surface area is 243 Å². The van der Waals surface area contributed by atoms with Crippen molar-refractivity contribution >= 4 is 40.8 Å². The third-order valence-electron chi connectivity index (χ3n) is 6.86. The van der Waals surface area contributed by atoms with Crippen molar-refractivity contribution < 1.29 is 33.8 Å². The van der Waals surface area contributed by atoms with Gasteiger partial charge < -0.3 is 35.8 Å². The number of carboxylic acid groups (broad SMARTS) is 1. The first kappa shape index (κ1) is 30.1. The predicted molar refractivity (Wildman–Crippen MR) is 159 cm³/mol. The number of benzene rings is 3. The highest BCUT2D eigenvalue weighted by atomic mass is 16.5. The van der Waals surface area contributed by atoms with Crippen molar-refractivity contribution in [2.75, 3.05) is 29.6 Å². The lowest BCUT2D eigenvalue weighted by atomic mass is 9.98. The van der Waals surface area contributed by atoms with E-state index in [-0.39, 0.29) is 35.2 Å². The molecule has 0 aliphatic carbocycles. The number of methoxy groups -OCH3 is 1. The van der Waals surface area contributed by atoms with E-state index in [1.54, 1.807) is 24.3 Å². The fourth-order valence-corrected chi connectivity index (χ4v) is 4.77. The van der Waals surface area contributed by atoms with Gasteiger partial charge in [0.2, 0.25) is 5.91 Å². The van der Waals surface area contributed by atoms with E-state index in [4.69, 9.17) is 9.47 Å². The van der Waals surface area contributed by atoms with E-state index in [9.17, 15) is 24.3 Å². The number of Topliss-reactive ketones (excluding diaryl/α,β-unsaturated/α-hetero) is 1. The summed E-state index contributed by atoms with van der Waals surface area (Å²) in [5.41, 5.74) is 2.83. The molecule has 5 N–H and O–H groups in total. The summed E-state index contributed by atoms with van der Waals surface area (Å²) in [6, 6.07) is 15.9. The van der Waals surface area contributed by atoms with Crippen LogP contribution in [0.25, 0.3) is 0 Å². The Morgan fingerprint density at radius 3 is 2.38 bits per heavy atom. The largest absolute Gasteiger partial charge is 0.495 e. The molecule has 0 aromatic heterocycles. The van der Waals surface area contributed by atoms with Gasteiger partial charge >= 0.3 is 12.0 Å². The van der Waals surface area contributed by atoms with Gasteiger partial charge in [-0.2, -0.15) is 0 Å². The molecule has 11 heteroatoms. The third-order valence-corrected chi connectivity index (χ3v) is 6.86. The van der Waals surface area contributed by atoms with E-state index < -0.39 is 24.0 Å². The van der Waals surface area contributed by atoms with Crippen molar-refractivity contribution in [3.8, 4) is 11.5 Å². The van der Waals surface area contributed by atoms with Gasteiger partial charge in [-0.25, -0.2) is 9.59 Å². The summed E-state index contributed by atoms with van der Waals surface area (Å²) in [6.45, 7) is 3.93. The summed E-state index contributed by atoms with van der Waals surface area (Å²) in [5, 5.41) is 20.9. The van der Waals surface area contributed by atoms with Crippen LogP contribution in [0.15, 0.2) is 60.7 Å². The van der Waals surface area contributed by atoms with E-state index in [2.05, 4.69) is 21.3 Å². The van der Waals surface area contributed by atoms with Crippen LogP contribution in [0.1, 0.15) is 41.3 Å². The zero-order chi connectivity index (χ0) is 30.2. The molecule has 0 saturated carbocycles. The van der Waals surface area contributed by atoms with Crippen molar-refractivity contribution in [2.24, 2.45) is 0 Å². The summed E-state index contributed by atoms with van der Waals surface area (Å²) in [7, 11) is 1.48. The first-order valence-corrected chi connectivity index (χ1v) is 13.5. The first-order valence-electron chi connectivity index (χ1n) is 13.5. The van der Waals surface area contributed by atoms with Gasteiger partial charge in [0.1, 0.15) is 11.5 Å². The SMILES string of the molecule is COc1cc(CC(=O)C(Oc2ccc(C(=O)O)cc2NC(C)=O)C2CCCN2)ccc1NC(=O)Nc1ccccc1C. The molecule has 42 heavy (non-hydrogen) atoms. The fraction of sp³-hybridized carbons (Fsp3) is 0.290. The van der Waals surface area contributed by atoms with Crippen molar-refractivity contribution in [2.45, 2.75) is 45.3 Å². The number of nitrogens with one attached hydrogen (secondary N) is 4. The van der Waals surface area contributed by atoms with Crippen LogP contribution in [0, 0.1) is 6.92 Å². The number of aromatic carboxylic acids is 1. The van der Waals surface area contributed by atoms with Crippen molar-refractivity contribution in [1.29, 1.82) is 0 Å². The molecule has 220 valence electrons. The number of carbonyl (C=O) groups is 4. The molecule has 4 rings (SSSR count). The third kappa shape index (κ3) is 7.64. The smallest absolute Gasteiger partial charge is 0.335 e. The topological polar surface area (TPSA) is 155 Å². The lowest BCUT2D eigenvalue weighted by Gasteiger charge is -2.25. The standard InChI is InChI=1S/C31H34N4O7/c1-18-7-4-5-8-22(18)34-31(40)35-23-12-10-20(16-28(23)41-3)15-26(37)29(24-9-6-14-32-24)42-27-13-11-21(30(38)39)17-25(27)33-19(2)36/h4-5,7-8,10-13,16-17,24,29,32H,6,9,14-15H2,1-3H3,(H,33,36)(H,38,39)(H2,34,35,40). The van der Waals surface area contributed by atoms with Crippen LogP contribution in [0.3, 0.4) is 0 Å². The van der Waals surface area contributed by atoms with Gasteiger partial charge in [-0.15, -0.1) is 0 Å². The Hall–Kier alpha value is -4.90. The number of carboxylic acids is 1. The van der Waals surface area contributed by atoms with Crippen LogP contribution in [0.5, 0.6) is 11.5 Å². The number of para-hydroxylation sites is 1. The van der Waals surface area contributed by atoms with Crippen molar-refractivity contribution in [1.82, 2.24) is 5.32 Å². The molecule has 1 aliphatic rings. The minimum atomic E-state index is -1.15. The molecule has 1 saturated heterocycles. The lowest BCUT2D eigenvalue weighted by Crippen LogP contribution is -2.45. The van der Waals surface area contributed by atoms with Gasteiger partial charge in [0.15, 0.2) is 11.9 Å². The molecule has 0 radical (unpaired) electrons. The van der Waals surface area contributed by atoms with E-state index in [0.717, 1.165) is 18.5 Å². The van der Waals surface area contributed by atoms with Gasteiger partial charge in [-0.3, -0.25) is 9.59 Å². The average molecular weight is 575 g/mol. The Kier molecular flexibility index (Phi) is 9.77. The molecule has 2 atom stereocenters. The number of anilines is 3. The zero-order valence-electron chi connectivity index (χ0n) is 23.7. The van der Waals surface area contributed by atoms with E-state index in [1.807, 2.05) is 25.1 Å². The highest BCUT2D eigenvalue weighted by molar-refractivity contribution is 6.01. The molecular weight excluding hydrogens is 540 g/mol. The number of rotatable bonds is 11. The number of hydrogen-bond donors (Lipinski definition) is 5. The predicted octanol–water partition coefficient (Wildman–Crippen LogP) is 4.62. The maximum Gasteiger partial charge on any atom is 0.335 e. The molecule has 1 fully saturated rings. The quantitative estimate of drug-likeness (QED) is 0.222. The number of ether oxygens (including phenoxy) is 2. The Morgan fingerprint density at radius 1 is 0.952 bits per heavy atom. The van der Waals surface area contributed by atoms with E-state index in [1.165, 1.54) is 32.2 Å². The van der Waals surface area contributed by atoms with Crippen LogP contribution < -0.4 is 30.7 Å². The van der Waals surface area contributed by atoms with Gasteiger partial charge in [-0.05, 0) is 73.8 Å². The summed E-state index contributed by atoms with van der Waals surface area (Å²) in [4.78, 5) is 49.5. The maximum atomic E-state index is 13.6. The number of aryl methyl sites for hydroxylation is 1. The number of amides is 3. The molecule has 2 unspecified atom stereocenters. The highest BCUT2D eigenvalue weighted by Crippen LogP contribution is 2.30. The highest BCUT2D eigenvalue weighted by Gasteiger charge is 2.33. The summed E-state index contributed by atoms with van der Waals surface area (Å²) < 4.78 is 11.7. The average Bonchev–Trinajstić information content (AvgIpc) is 3.48. The van der Waals surface area contributed by atoms with Gasteiger partial charge in [0, 0.05) is 19.0 Å². The van der Waals surface area contributed by atoms with Crippen LogP contribution in [-0.4, -0.2) is 54.6 Å². The minimum Gasteiger partial charge on any atom is -0.495 e. The number of carbonyl (C=O) groups excluding carboxylic acids is 3. The maximum absolute atomic E-state index is 13.6. The number of ketones is 1. The molecule has 1 heterocycles. The molecule has 3 amide bonds. The van der Waals surface area contributed by atoms with E-state index in [0.29, 0.717) is 29.1 Å². The second kappa shape index (κ2) is 13.6. The Balaban J connectivity index is 1.52. The second-order valence-electron chi connectivity index (χ2n) is 10.0. The van der Waals surface area contributed by atoms with Crippen molar-refractivity contribution in [3.63, 3.8) is 0 Å². The molecule has 0 spiro atoms. The summed E-state index contributed by atoms with van der Waals surface area (Å²) in [6.07, 6.45) is 0.686. The van der Waals surface area contributed by atoms with Gasteiger partial charge in [0.25, 0.3) is 0 Å². The van der Waals surface area contributed by atoms with Crippen molar-refractivity contribution in [3.05, 3.63) is 77.4 Å². The van der Waals surface area contributed by atoms with Crippen LogP contribution in [0.4, 0.5) is 21.9 Å². The Bertz CT molecular complexity index is 1480. The summed E-state index contributed by atoms with van der Waals surface area (Å²) >= 11 is 0. The lowest BCUT2D eigenvalue weighted by molar-refractivity contribution is -0.126. The molecule has 0 bridgehead atoms.